The molecule has 29 heavy (non-hydrogen) atoms. The summed E-state index contributed by atoms with van der Waals surface area (Å²) in [5.74, 6) is 1.65. The molecule has 2 heterocycles. The van der Waals surface area contributed by atoms with E-state index < -0.39 is 10.0 Å². The Balaban J connectivity index is 1.27. The minimum absolute atomic E-state index is 0.591. The zero-order valence-corrected chi connectivity index (χ0v) is 17.7. The van der Waals surface area contributed by atoms with Crippen molar-refractivity contribution in [2.24, 2.45) is 0 Å². The molecule has 1 N–H and O–H groups in total. The fraction of sp³-hybridized carbons (Fsp3) is 0.455. The van der Waals surface area contributed by atoms with E-state index in [0.717, 1.165) is 57.2 Å². The van der Waals surface area contributed by atoms with Gasteiger partial charge < -0.3 is 9.64 Å². The third-order valence-corrected chi connectivity index (χ3v) is 6.39. The molecule has 0 spiro atoms. The van der Waals surface area contributed by atoms with E-state index in [1.54, 1.807) is 0 Å². The highest BCUT2D eigenvalue weighted by Gasteiger charge is 2.23. The summed E-state index contributed by atoms with van der Waals surface area (Å²) in [7, 11) is -3.23. The lowest BCUT2D eigenvalue weighted by Crippen LogP contribution is -2.46. The molecule has 156 valence electrons. The number of ether oxygens (including phenoxy) is 1. The van der Waals surface area contributed by atoms with Crippen molar-refractivity contribution >= 4 is 21.4 Å². The second kappa shape index (κ2) is 8.63. The summed E-state index contributed by atoms with van der Waals surface area (Å²) in [6, 6.07) is 16.1. The van der Waals surface area contributed by atoms with Gasteiger partial charge in [-0.25, -0.2) is 8.42 Å². The highest BCUT2D eigenvalue weighted by atomic mass is 32.2. The summed E-state index contributed by atoms with van der Waals surface area (Å²) >= 11 is 0. The molecule has 0 radical (unpaired) electrons. The fourth-order valence-corrected chi connectivity index (χ4v) is 4.80. The molecular formula is C22H29N3O3S. The molecule has 1 unspecified atom stereocenters. The van der Waals surface area contributed by atoms with Gasteiger partial charge in [-0.2, -0.15) is 0 Å². The number of hydrogen-bond acceptors (Lipinski definition) is 5. The van der Waals surface area contributed by atoms with E-state index in [1.807, 2.05) is 30.3 Å². The van der Waals surface area contributed by atoms with Crippen LogP contribution in [0.5, 0.6) is 5.75 Å². The number of piperazine rings is 1. The molecule has 0 aliphatic carbocycles. The SMILES string of the molecule is CS(=O)(=O)Nc1ccc(N2CCN(CCC3CCOc4ccccc43)CC2)cc1. The average Bonchev–Trinajstić information content (AvgIpc) is 2.72. The molecule has 0 bridgehead atoms. The van der Waals surface area contributed by atoms with Crippen LogP contribution in [0.15, 0.2) is 48.5 Å². The highest BCUT2D eigenvalue weighted by Crippen LogP contribution is 2.35. The van der Waals surface area contributed by atoms with Gasteiger partial charge in [-0.1, -0.05) is 18.2 Å². The molecule has 0 saturated carbocycles. The Labute approximate surface area is 173 Å². The lowest BCUT2D eigenvalue weighted by molar-refractivity contribution is 0.223. The van der Waals surface area contributed by atoms with Gasteiger partial charge in [-0.3, -0.25) is 9.62 Å². The van der Waals surface area contributed by atoms with Crippen LogP contribution in [0.25, 0.3) is 0 Å². The van der Waals surface area contributed by atoms with Crippen LogP contribution in [0.2, 0.25) is 0 Å². The van der Waals surface area contributed by atoms with Gasteiger partial charge in [0.05, 0.1) is 12.9 Å². The minimum Gasteiger partial charge on any atom is -0.493 e. The predicted molar refractivity (Wildman–Crippen MR) is 117 cm³/mol. The van der Waals surface area contributed by atoms with Crippen molar-refractivity contribution in [3.63, 3.8) is 0 Å². The van der Waals surface area contributed by atoms with Crippen molar-refractivity contribution in [3.8, 4) is 5.75 Å². The van der Waals surface area contributed by atoms with Crippen LogP contribution in [-0.2, 0) is 10.0 Å². The molecule has 2 aliphatic heterocycles. The van der Waals surface area contributed by atoms with Crippen LogP contribution < -0.4 is 14.4 Å². The van der Waals surface area contributed by atoms with Gasteiger partial charge in [-0.05, 0) is 61.2 Å². The van der Waals surface area contributed by atoms with E-state index in [9.17, 15) is 8.42 Å². The maximum absolute atomic E-state index is 11.3. The largest absolute Gasteiger partial charge is 0.493 e. The summed E-state index contributed by atoms with van der Waals surface area (Å²) in [6.07, 6.45) is 3.44. The van der Waals surface area contributed by atoms with Crippen molar-refractivity contribution in [2.75, 3.05) is 55.2 Å². The molecule has 2 aromatic carbocycles. The second-order valence-corrected chi connectivity index (χ2v) is 9.66. The van der Waals surface area contributed by atoms with Crippen LogP contribution in [-0.4, -0.2) is 58.9 Å². The zero-order valence-electron chi connectivity index (χ0n) is 16.9. The molecule has 2 aliphatic rings. The van der Waals surface area contributed by atoms with Crippen molar-refractivity contribution in [2.45, 2.75) is 18.8 Å². The Kier molecular flexibility index (Phi) is 5.96. The number of hydrogen-bond donors (Lipinski definition) is 1. The van der Waals surface area contributed by atoms with Gasteiger partial charge in [0.1, 0.15) is 5.75 Å². The number of benzene rings is 2. The third-order valence-electron chi connectivity index (χ3n) is 5.78. The molecule has 0 amide bonds. The smallest absolute Gasteiger partial charge is 0.229 e. The Morgan fingerprint density at radius 3 is 2.48 bits per heavy atom. The molecular weight excluding hydrogens is 386 g/mol. The van der Waals surface area contributed by atoms with Crippen LogP contribution in [0, 0.1) is 0 Å². The van der Waals surface area contributed by atoms with Crippen LogP contribution in [0.1, 0.15) is 24.3 Å². The quantitative estimate of drug-likeness (QED) is 0.785. The Morgan fingerprint density at radius 1 is 1.03 bits per heavy atom. The van der Waals surface area contributed by atoms with Gasteiger partial charge in [-0.15, -0.1) is 0 Å². The summed E-state index contributed by atoms with van der Waals surface area (Å²) in [5.41, 5.74) is 3.11. The lowest BCUT2D eigenvalue weighted by Gasteiger charge is -2.37. The highest BCUT2D eigenvalue weighted by molar-refractivity contribution is 7.92. The minimum atomic E-state index is -3.23. The molecule has 0 aromatic heterocycles. The number of anilines is 2. The summed E-state index contributed by atoms with van der Waals surface area (Å²) in [6.45, 7) is 6.01. The normalized spacial score (nSPS) is 20.0. The standard InChI is InChI=1S/C22H29N3O3S/c1-29(26,27)23-19-6-8-20(9-7-19)25-15-13-24(14-16-25)12-10-18-11-17-28-22-5-3-2-4-21(18)22/h2-9,18,23H,10-17H2,1H3. The van der Waals surface area contributed by atoms with E-state index in [2.05, 4.69) is 32.7 Å². The van der Waals surface area contributed by atoms with E-state index in [4.69, 9.17) is 4.74 Å². The zero-order chi connectivity index (χ0) is 20.3. The molecule has 1 fully saturated rings. The second-order valence-electron chi connectivity index (χ2n) is 7.91. The maximum atomic E-state index is 11.3. The number of para-hydroxylation sites is 1. The van der Waals surface area contributed by atoms with Crippen LogP contribution in [0.4, 0.5) is 11.4 Å². The summed E-state index contributed by atoms with van der Waals surface area (Å²) in [4.78, 5) is 4.92. The average molecular weight is 416 g/mol. The van der Waals surface area contributed by atoms with Gasteiger partial charge in [0.2, 0.25) is 10.0 Å². The van der Waals surface area contributed by atoms with Crippen molar-refractivity contribution in [3.05, 3.63) is 54.1 Å². The monoisotopic (exact) mass is 415 g/mol. The van der Waals surface area contributed by atoms with E-state index in [0.29, 0.717) is 11.6 Å². The van der Waals surface area contributed by atoms with Crippen LogP contribution in [0.3, 0.4) is 0 Å². The lowest BCUT2D eigenvalue weighted by atomic mass is 9.90. The first kappa shape index (κ1) is 20.0. The van der Waals surface area contributed by atoms with Gasteiger partial charge in [0.15, 0.2) is 0 Å². The fourth-order valence-electron chi connectivity index (χ4n) is 4.24. The molecule has 4 rings (SSSR count). The van der Waals surface area contributed by atoms with E-state index in [-0.39, 0.29) is 0 Å². The Morgan fingerprint density at radius 2 is 1.76 bits per heavy atom. The van der Waals surface area contributed by atoms with Crippen molar-refractivity contribution < 1.29 is 13.2 Å². The number of rotatable bonds is 6. The van der Waals surface area contributed by atoms with Crippen molar-refractivity contribution in [1.82, 2.24) is 4.90 Å². The van der Waals surface area contributed by atoms with Crippen molar-refractivity contribution in [1.29, 1.82) is 0 Å². The van der Waals surface area contributed by atoms with Gasteiger partial charge in [0.25, 0.3) is 0 Å². The van der Waals surface area contributed by atoms with E-state index >= 15 is 0 Å². The predicted octanol–water partition coefficient (Wildman–Crippen LogP) is 3.14. The number of nitrogens with one attached hydrogen (secondary N) is 1. The first-order valence-electron chi connectivity index (χ1n) is 10.2. The molecule has 2 aromatic rings. The summed E-state index contributed by atoms with van der Waals surface area (Å²) in [5, 5.41) is 0. The third kappa shape index (κ3) is 5.22. The van der Waals surface area contributed by atoms with Gasteiger partial charge >= 0.3 is 0 Å². The number of sulfonamides is 1. The summed E-state index contributed by atoms with van der Waals surface area (Å²) < 4.78 is 31.0. The van der Waals surface area contributed by atoms with Gasteiger partial charge in [0, 0.05) is 37.6 Å². The molecule has 1 saturated heterocycles. The first-order chi connectivity index (χ1) is 14.0. The maximum Gasteiger partial charge on any atom is 0.229 e. The Bertz CT molecular complexity index is 923. The first-order valence-corrected chi connectivity index (χ1v) is 12.1. The molecule has 7 heteroatoms. The number of fused-ring (bicyclic) bond motifs is 1. The molecule has 1 atom stereocenters. The number of nitrogens with zero attached hydrogens (tertiary/aromatic N) is 2. The van der Waals surface area contributed by atoms with Crippen LogP contribution >= 0.6 is 0 Å². The van der Waals surface area contributed by atoms with E-state index in [1.165, 1.54) is 18.2 Å². The Hall–Kier alpha value is -2.25. The topological polar surface area (TPSA) is 61.9 Å². The molecule has 6 nitrogen and oxygen atoms in total.